The first-order valence-electron chi connectivity index (χ1n) is 7.89. The van der Waals surface area contributed by atoms with Gasteiger partial charge in [-0.25, -0.2) is 0 Å². The van der Waals surface area contributed by atoms with E-state index in [0.29, 0.717) is 0 Å². The summed E-state index contributed by atoms with van der Waals surface area (Å²) >= 11 is 0. The largest absolute Gasteiger partial charge is 0.312 e. The van der Waals surface area contributed by atoms with Gasteiger partial charge in [0.1, 0.15) is 0 Å². The van der Waals surface area contributed by atoms with Gasteiger partial charge in [0.05, 0.1) is 0 Å². The van der Waals surface area contributed by atoms with E-state index in [0.717, 1.165) is 12.1 Å². The summed E-state index contributed by atoms with van der Waals surface area (Å²) in [7, 11) is 0. The predicted octanol–water partition coefficient (Wildman–Crippen LogP) is 3.17. The molecule has 2 saturated heterocycles. The second-order valence-electron chi connectivity index (χ2n) is 5.86. The van der Waals surface area contributed by atoms with Gasteiger partial charge in [-0.15, -0.1) is 0 Å². The molecular formula is C15H30N2. The molecule has 100 valence electrons. The summed E-state index contributed by atoms with van der Waals surface area (Å²) in [6.45, 7) is 6.24. The minimum absolute atomic E-state index is 0.813. The maximum atomic E-state index is 3.80. The number of unbranched alkanes of at least 4 members (excludes halogenated alkanes) is 5. The minimum atomic E-state index is 0.813. The average molecular weight is 238 g/mol. The molecule has 1 N–H and O–H groups in total. The van der Waals surface area contributed by atoms with E-state index in [1.54, 1.807) is 0 Å². The fourth-order valence-corrected chi connectivity index (χ4v) is 3.51. The summed E-state index contributed by atoms with van der Waals surface area (Å²) in [6, 6.07) is 1.70. The van der Waals surface area contributed by atoms with Crippen molar-refractivity contribution in [1.82, 2.24) is 10.2 Å². The highest BCUT2D eigenvalue weighted by Gasteiger charge is 2.36. The molecule has 0 bridgehead atoms. The van der Waals surface area contributed by atoms with Gasteiger partial charge in [-0.3, -0.25) is 4.90 Å². The molecule has 0 aromatic rings. The van der Waals surface area contributed by atoms with Gasteiger partial charge in [0, 0.05) is 18.6 Å². The van der Waals surface area contributed by atoms with Crippen LogP contribution < -0.4 is 5.32 Å². The van der Waals surface area contributed by atoms with Crippen LogP contribution in [0.4, 0.5) is 0 Å². The van der Waals surface area contributed by atoms with Crippen molar-refractivity contribution in [1.29, 1.82) is 0 Å². The maximum Gasteiger partial charge on any atom is 0.0250 e. The highest BCUT2D eigenvalue weighted by atomic mass is 15.2. The molecule has 0 aromatic heterocycles. The van der Waals surface area contributed by atoms with Crippen molar-refractivity contribution in [2.75, 3.05) is 19.6 Å². The Balaban J connectivity index is 1.48. The quantitative estimate of drug-likeness (QED) is 0.653. The van der Waals surface area contributed by atoms with Crippen molar-refractivity contribution >= 4 is 0 Å². The Bertz CT molecular complexity index is 205. The normalized spacial score (nSPS) is 28.8. The van der Waals surface area contributed by atoms with Crippen LogP contribution in [0.5, 0.6) is 0 Å². The van der Waals surface area contributed by atoms with E-state index in [9.17, 15) is 0 Å². The van der Waals surface area contributed by atoms with Crippen molar-refractivity contribution in [3.63, 3.8) is 0 Å². The first-order valence-corrected chi connectivity index (χ1v) is 7.89. The molecule has 2 fully saturated rings. The smallest absolute Gasteiger partial charge is 0.0250 e. The lowest BCUT2D eigenvalue weighted by Gasteiger charge is -2.21. The zero-order valence-electron chi connectivity index (χ0n) is 11.6. The molecule has 2 atom stereocenters. The van der Waals surface area contributed by atoms with Crippen LogP contribution in [0.3, 0.4) is 0 Å². The number of hydrogen-bond acceptors (Lipinski definition) is 2. The average Bonchev–Trinajstić information content (AvgIpc) is 2.92. The van der Waals surface area contributed by atoms with E-state index in [4.69, 9.17) is 0 Å². The summed E-state index contributed by atoms with van der Waals surface area (Å²) in [6.07, 6.45) is 12.7. The molecule has 0 aromatic carbocycles. The Morgan fingerprint density at radius 1 is 1.00 bits per heavy atom. The summed E-state index contributed by atoms with van der Waals surface area (Å²) in [5.41, 5.74) is 0. The van der Waals surface area contributed by atoms with Crippen molar-refractivity contribution in [2.24, 2.45) is 0 Å². The van der Waals surface area contributed by atoms with E-state index in [1.807, 2.05) is 0 Å². The number of nitrogens with zero attached hydrogens (tertiary/aromatic N) is 1. The molecule has 2 aliphatic rings. The van der Waals surface area contributed by atoms with Gasteiger partial charge in [0.2, 0.25) is 0 Å². The monoisotopic (exact) mass is 238 g/mol. The third kappa shape index (κ3) is 3.96. The number of rotatable bonds is 8. The predicted molar refractivity (Wildman–Crippen MR) is 74.4 cm³/mol. The van der Waals surface area contributed by atoms with Crippen molar-refractivity contribution in [3.05, 3.63) is 0 Å². The summed E-state index contributed by atoms with van der Waals surface area (Å²) in [5, 5.41) is 3.80. The van der Waals surface area contributed by atoms with Gasteiger partial charge in [-0.05, 0) is 38.8 Å². The lowest BCUT2D eigenvalue weighted by atomic mass is 10.1. The van der Waals surface area contributed by atoms with E-state index >= 15 is 0 Å². The molecule has 2 nitrogen and oxygen atoms in total. The Morgan fingerprint density at radius 3 is 2.71 bits per heavy atom. The lowest BCUT2D eigenvalue weighted by molar-refractivity contribution is 0.298. The van der Waals surface area contributed by atoms with E-state index in [-0.39, 0.29) is 0 Å². The van der Waals surface area contributed by atoms with Crippen LogP contribution in [-0.4, -0.2) is 36.6 Å². The number of fused-ring (bicyclic) bond motifs is 1. The fourth-order valence-electron chi connectivity index (χ4n) is 3.51. The molecule has 0 amide bonds. The Kier molecular flexibility index (Phi) is 5.79. The SMILES string of the molecule is CCCCCCCCNC1CCN2CCCC12. The molecular weight excluding hydrogens is 208 g/mol. The molecule has 0 aliphatic carbocycles. The summed E-state index contributed by atoms with van der Waals surface area (Å²) < 4.78 is 0. The first-order chi connectivity index (χ1) is 8.42. The Hall–Kier alpha value is -0.0800. The second-order valence-corrected chi connectivity index (χ2v) is 5.86. The van der Waals surface area contributed by atoms with Crippen LogP contribution >= 0.6 is 0 Å². The number of nitrogens with one attached hydrogen (secondary N) is 1. The standard InChI is InChI=1S/C15H30N2/c1-2-3-4-5-6-7-11-16-14-10-13-17-12-8-9-15(14)17/h14-16H,2-13H2,1H3. The van der Waals surface area contributed by atoms with Crippen molar-refractivity contribution in [3.8, 4) is 0 Å². The van der Waals surface area contributed by atoms with Gasteiger partial charge in [-0.1, -0.05) is 39.0 Å². The summed E-state index contributed by atoms with van der Waals surface area (Å²) in [5.74, 6) is 0. The molecule has 2 unspecified atom stereocenters. The molecule has 2 rings (SSSR count). The summed E-state index contributed by atoms with van der Waals surface area (Å²) in [4.78, 5) is 2.69. The Morgan fingerprint density at radius 2 is 1.82 bits per heavy atom. The van der Waals surface area contributed by atoms with Crippen LogP contribution in [0.1, 0.15) is 64.7 Å². The third-order valence-corrected chi connectivity index (χ3v) is 4.54. The first kappa shape index (κ1) is 13.4. The zero-order valence-corrected chi connectivity index (χ0v) is 11.6. The van der Waals surface area contributed by atoms with Crippen LogP contribution in [0, 0.1) is 0 Å². The molecule has 2 aliphatic heterocycles. The molecule has 2 heteroatoms. The Labute approximate surface area is 107 Å². The van der Waals surface area contributed by atoms with Crippen molar-refractivity contribution < 1.29 is 0 Å². The van der Waals surface area contributed by atoms with Gasteiger partial charge < -0.3 is 5.32 Å². The van der Waals surface area contributed by atoms with Crippen LogP contribution in [0.15, 0.2) is 0 Å². The van der Waals surface area contributed by atoms with Crippen LogP contribution in [0.2, 0.25) is 0 Å². The third-order valence-electron chi connectivity index (χ3n) is 4.54. The molecule has 2 heterocycles. The topological polar surface area (TPSA) is 15.3 Å². The van der Waals surface area contributed by atoms with E-state index < -0.39 is 0 Å². The molecule has 0 spiro atoms. The second kappa shape index (κ2) is 7.38. The van der Waals surface area contributed by atoms with E-state index in [2.05, 4.69) is 17.1 Å². The van der Waals surface area contributed by atoms with Crippen molar-refractivity contribution in [2.45, 2.75) is 76.8 Å². The maximum absolute atomic E-state index is 3.80. The van der Waals surface area contributed by atoms with Crippen LogP contribution in [0.25, 0.3) is 0 Å². The lowest BCUT2D eigenvalue weighted by Crippen LogP contribution is -2.39. The van der Waals surface area contributed by atoms with E-state index in [1.165, 1.54) is 77.4 Å². The number of hydrogen-bond donors (Lipinski definition) is 1. The minimum Gasteiger partial charge on any atom is -0.312 e. The van der Waals surface area contributed by atoms with Crippen LogP contribution in [-0.2, 0) is 0 Å². The highest BCUT2D eigenvalue weighted by Crippen LogP contribution is 2.27. The fraction of sp³-hybridized carbons (Fsp3) is 1.00. The molecule has 0 radical (unpaired) electrons. The van der Waals surface area contributed by atoms with Gasteiger partial charge >= 0.3 is 0 Å². The zero-order chi connectivity index (χ0) is 11.9. The van der Waals surface area contributed by atoms with Gasteiger partial charge in [0.15, 0.2) is 0 Å². The van der Waals surface area contributed by atoms with Gasteiger partial charge in [-0.2, -0.15) is 0 Å². The van der Waals surface area contributed by atoms with Gasteiger partial charge in [0.25, 0.3) is 0 Å². The molecule has 0 saturated carbocycles. The molecule has 17 heavy (non-hydrogen) atoms. The highest BCUT2D eigenvalue weighted by molar-refractivity contribution is 4.95.